The van der Waals surface area contributed by atoms with Crippen molar-refractivity contribution < 1.29 is 23.7 Å². The van der Waals surface area contributed by atoms with Gasteiger partial charge in [0.1, 0.15) is 12.5 Å². The van der Waals surface area contributed by atoms with Crippen LogP contribution in [0.25, 0.3) is 0 Å². The van der Waals surface area contributed by atoms with Crippen molar-refractivity contribution in [2.24, 2.45) is 0 Å². The second-order valence-corrected chi connectivity index (χ2v) is 7.25. The Hall–Kier alpha value is -4.40. The molecule has 0 fully saturated rings. The predicted molar refractivity (Wildman–Crippen MR) is 113 cm³/mol. The molecule has 160 valence electrons. The van der Waals surface area contributed by atoms with Gasteiger partial charge in [0, 0.05) is 23.4 Å². The van der Waals surface area contributed by atoms with Gasteiger partial charge in [-0.2, -0.15) is 0 Å². The highest BCUT2D eigenvalue weighted by Gasteiger charge is 2.38. The molecule has 0 radical (unpaired) electrons. The number of halogens is 1. The van der Waals surface area contributed by atoms with Crippen molar-refractivity contribution in [2.45, 2.75) is 6.92 Å². The molecule has 0 spiro atoms. The number of aryl methyl sites for hydroxylation is 1. The lowest BCUT2D eigenvalue weighted by Gasteiger charge is -2.27. The molecule has 1 aliphatic rings. The maximum absolute atomic E-state index is 13.9. The lowest BCUT2D eigenvalue weighted by molar-refractivity contribution is -0.384. The Morgan fingerprint density at radius 2 is 1.69 bits per heavy atom. The number of carbonyl (C=O) groups is 3. The van der Waals surface area contributed by atoms with Gasteiger partial charge in [0.25, 0.3) is 23.4 Å². The number of nitro benzene ring substituents is 1. The van der Waals surface area contributed by atoms with Crippen molar-refractivity contribution in [3.8, 4) is 0 Å². The first kappa shape index (κ1) is 20.9. The maximum atomic E-state index is 13.9. The summed E-state index contributed by atoms with van der Waals surface area (Å²) in [6.45, 7) is 1.37. The number of hydrogen-bond acceptors (Lipinski definition) is 5. The fraction of sp³-hybridized carbons (Fsp3) is 0.0870. The van der Waals surface area contributed by atoms with E-state index in [1.54, 1.807) is 24.3 Å². The Labute approximate surface area is 181 Å². The van der Waals surface area contributed by atoms with Crippen molar-refractivity contribution in [2.75, 3.05) is 11.6 Å². The summed E-state index contributed by atoms with van der Waals surface area (Å²) in [5.74, 6) is -2.61. The Bertz CT molecular complexity index is 1270. The molecular weight excluding hydrogens is 417 g/mol. The second kappa shape index (κ2) is 8.03. The smallest absolute Gasteiger partial charge is 0.270 e. The van der Waals surface area contributed by atoms with Crippen molar-refractivity contribution in [3.63, 3.8) is 0 Å². The first-order valence-electron chi connectivity index (χ1n) is 9.55. The number of fused-ring (bicyclic) bond motifs is 1. The summed E-state index contributed by atoms with van der Waals surface area (Å²) < 4.78 is 13.9. The SMILES string of the molecule is Cc1ccc(C(=O)N(CN2C(=O)c3ccc([N+](=O)[O-])cc3C2=O)c2cccc(F)c2)cc1. The molecule has 0 bridgehead atoms. The van der Waals surface area contributed by atoms with Gasteiger partial charge in [-0.1, -0.05) is 23.8 Å². The number of imide groups is 1. The van der Waals surface area contributed by atoms with Gasteiger partial charge in [0.05, 0.1) is 16.1 Å². The van der Waals surface area contributed by atoms with Crippen LogP contribution in [0.2, 0.25) is 0 Å². The zero-order valence-corrected chi connectivity index (χ0v) is 16.8. The second-order valence-electron chi connectivity index (χ2n) is 7.25. The van der Waals surface area contributed by atoms with E-state index in [0.29, 0.717) is 0 Å². The van der Waals surface area contributed by atoms with Gasteiger partial charge in [0.2, 0.25) is 0 Å². The third-order valence-corrected chi connectivity index (χ3v) is 5.11. The highest BCUT2D eigenvalue weighted by atomic mass is 19.1. The highest BCUT2D eigenvalue weighted by molar-refractivity contribution is 6.22. The van der Waals surface area contributed by atoms with E-state index in [1.807, 2.05) is 6.92 Å². The molecule has 4 rings (SSSR count). The van der Waals surface area contributed by atoms with Crippen molar-refractivity contribution in [1.29, 1.82) is 0 Å². The molecule has 32 heavy (non-hydrogen) atoms. The van der Waals surface area contributed by atoms with Gasteiger partial charge in [-0.05, 0) is 43.3 Å². The molecule has 9 heteroatoms. The van der Waals surface area contributed by atoms with Gasteiger partial charge in [-0.3, -0.25) is 34.3 Å². The Morgan fingerprint density at radius 1 is 1.00 bits per heavy atom. The molecule has 0 aliphatic carbocycles. The van der Waals surface area contributed by atoms with Crippen LogP contribution in [0.15, 0.2) is 66.7 Å². The van der Waals surface area contributed by atoms with Crippen LogP contribution >= 0.6 is 0 Å². The van der Waals surface area contributed by atoms with Gasteiger partial charge >= 0.3 is 0 Å². The molecule has 1 aliphatic heterocycles. The molecule has 1 heterocycles. The van der Waals surface area contributed by atoms with E-state index >= 15 is 0 Å². The lowest BCUT2D eigenvalue weighted by Crippen LogP contribution is -2.44. The highest BCUT2D eigenvalue weighted by Crippen LogP contribution is 2.28. The number of amides is 3. The summed E-state index contributed by atoms with van der Waals surface area (Å²) in [5, 5.41) is 11.0. The van der Waals surface area contributed by atoms with E-state index in [-0.39, 0.29) is 28.1 Å². The minimum absolute atomic E-state index is 0.00239. The molecular formula is C23H16FN3O5. The molecule has 0 atom stereocenters. The van der Waals surface area contributed by atoms with Crippen molar-refractivity contribution in [3.05, 3.63) is 105 Å². The number of non-ortho nitro benzene ring substituents is 1. The average molecular weight is 433 g/mol. The third kappa shape index (κ3) is 3.71. The number of rotatable bonds is 5. The first-order valence-corrected chi connectivity index (χ1v) is 9.55. The topological polar surface area (TPSA) is 101 Å². The van der Waals surface area contributed by atoms with Crippen LogP contribution in [-0.4, -0.2) is 34.2 Å². The molecule has 3 aromatic carbocycles. The van der Waals surface area contributed by atoms with Gasteiger partial charge in [-0.15, -0.1) is 0 Å². The van der Waals surface area contributed by atoms with E-state index in [9.17, 15) is 28.9 Å². The summed E-state index contributed by atoms with van der Waals surface area (Å²) in [7, 11) is 0. The van der Waals surface area contributed by atoms with E-state index in [0.717, 1.165) is 33.6 Å². The number of nitrogens with zero attached hydrogens (tertiary/aromatic N) is 3. The summed E-state index contributed by atoms with van der Waals surface area (Å²) in [4.78, 5) is 51.3. The molecule has 0 unspecified atom stereocenters. The Kier molecular flexibility index (Phi) is 5.23. The molecule has 0 saturated heterocycles. The number of benzene rings is 3. The van der Waals surface area contributed by atoms with Crippen LogP contribution < -0.4 is 4.90 Å². The standard InChI is InChI=1S/C23H16FN3O5/c1-14-5-7-15(8-6-14)21(28)25(17-4-2-3-16(24)11-17)13-26-22(29)19-10-9-18(27(31)32)12-20(19)23(26)30/h2-12H,13H2,1H3. The minimum Gasteiger partial charge on any atom is -0.289 e. The molecule has 0 saturated carbocycles. The van der Waals surface area contributed by atoms with E-state index in [2.05, 4.69) is 0 Å². The maximum Gasteiger partial charge on any atom is 0.270 e. The van der Waals surface area contributed by atoms with E-state index in [4.69, 9.17) is 0 Å². The number of carbonyl (C=O) groups excluding carboxylic acids is 3. The zero-order valence-electron chi connectivity index (χ0n) is 16.8. The van der Waals surface area contributed by atoms with E-state index in [1.165, 1.54) is 24.3 Å². The molecule has 0 aromatic heterocycles. The lowest BCUT2D eigenvalue weighted by atomic mass is 10.1. The molecule has 3 amide bonds. The predicted octanol–water partition coefficient (Wildman–Crippen LogP) is 3.94. The van der Waals surface area contributed by atoms with Crippen LogP contribution in [0.1, 0.15) is 36.6 Å². The average Bonchev–Trinajstić information content (AvgIpc) is 3.01. The summed E-state index contributed by atoms with van der Waals surface area (Å²) in [5.41, 5.74) is 0.921. The minimum atomic E-state index is -0.771. The summed E-state index contributed by atoms with van der Waals surface area (Å²) in [6, 6.07) is 15.3. The van der Waals surface area contributed by atoms with Crippen molar-refractivity contribution in [1.82, 2.24) is 4.90 Å². The Balaban J connectivity index is 1.72. The summed E-state index contributed by atoms with van der Waals surface area (Å²) in [6.07, 6.45) is 0. The molecule has 0 N–H and O–H groups in total. The monoisotopic (exact) mass is 433 g/mol. The fourth-order valence-corrected chi connectivity index (χ4v) is 3.42. The third-order valence-electron chi connectivity index (χ3n) is 5.11. The van der Waals surface area contributed by atoms with Crippen LogP contribution in [-0.2, 0) is 0 Å². The van der Waals surface area contributed by atoms with Crippen LogP contribution in [0, 0.1) is 22.9 Å². The van der Waals surface area contributed by atoms with Crippen LogP contribution in [0.5, 0.6) is 0 Å². The van der Waals surface area contributed by atoms with Gasteiger partial charge in [0.15, 0.2) is 0 Å². The van der Waals surface area contributed by atoms with Crippen LogP contribution in [0.4, 0.5) is 15.8 Å². The molecule has 3 aromatic rings. The Morgan fingerprint density at radius 3 is 2.34 bits per heavy atom. The van der Waals surface area contributed by atoms with Crippen molar-refractivity contribution >= 4 is 29.1 Å². The number of hydrogen-bond donors (Lipinski definition) is 0. The van der Waals surface area contributed by atoms with Crippen LogP contribution in [0.3, 0.4) is 0 Å². The normalized spacial score (nSPS) is 12.6. The first-order chi connectivity index (χ1) is 15.3. The van der Waals surface area contributed by atoms with E-state index < -0.39 is 35.1 Å². The number of nitro groups is 1. The zero-order chi connectivity index (χ0) is 23.0. The van der Waals surface area contributed by atoms with Gasteiger partial charge < -0.3 is 0 Å². The summed E-state index contributed by atoms with van der Waals surface area (Å²) >= 11 is 0. The fourth-order valence-electron chi connectivity index (χ4n) is 3.42. The largest absolute Gasteiger partial charge is 0.289 e. The molecule has 8 nitrogen and oxygen atoms in total. The number of anilines is 1. The quantitative estimate of drug-likeness (QED) is 0.345. The van der Waals surface area contributed by atoms with Gasteiger partial charge in [-0.25, -0.2) is 4.39 Å².